The molecule has 0 spiro atoms. The first-order valence-corrected chi connectivity index (χ1v) is 12.4. The minimum atomic E-state index is 0.0144. The molecule has 7 nitrogen and oxygen atoms in total. The number of halogens is 1. The number of hydrogen-bond acceptors (Lipinski definition) is 6. The third-order valence-corrected chi connectivity index (χ3v) is 6.85. The molecule has 2 aliphatic rings. The summed E-state index contributed by atoms with van der Waals surface area (Å²) in [5.74, 6) is 2.33. The minimum absolute atomic E-state index is 0.0144. The van der Waals surface area contributed by atoms with Gasteiger partial charge in [-0.3, -0.25) is 4.79 Å². The number of nitrogens with one attached hydrogen (secondary N) is 2. The van der Waals surface area contributed by atoms with Crippen LogP contribution in [-0.4, -0.2) is 54.7 Å². The van der Waals surface area contributed by atoms with Crippen LogP contribution in [0.25, 0.3) is 0 Å². The molecule has 8 heteroatoms. The van der Waals surface area contributed by atoms with Crippen molar-refractivity contribution in [2.75, 3.05) is 37.7 Å². The Balaban J connectivity index is 1.20. The number of benzene rings is 1. The van der Waals surface area contributed by atoms with E-state index < -0.39 is 0 Å². The fraction of sp³-hybridized carbons (Fsp3) is 0.560. The number of ether oxygens (including phenoxy) is 1. The zero-order valence-corrected chi connectivity index (χ0v) is 20.3. The van der Waals surface area contributed by atoms with Gasteiger partial charge in [0.15, 0.2) is 0 Å². The van der Waals surface area contributed by atoms with Gasteiger partial charge in [-0.25, -0.2) is 9.97 Å². The first-order valence-electron chi connectivity index (χ1n) is 12.0. The standard InChI is InChI=1S/C25H34ClN5O2/c1-17-12-22(13-18(2)23(17)24(32)30-21-5-8-27-16-21)33-11-3-4-19-6-9-31(10-7-19)25-28-14-20(26)15-29-25/h12-15,19,21,27H,3-11,16H2,1-2H3,(H,30,32)/t21-/m0/s1. The van der Waals surface area contributed by atoms with E-state index in [1.165, 1.54) is 0 Å². The van der Waals surface area contributed by atoms with E-state index in [9.17, 15) is 4.79 Å². The summed E-state index contributed by atoms with van der Waals surface area (Å²) in [6.07, 6.45) is 8.76. The van der Waals surface area contributed by atoms with Gasteiger partial charge in [0.1, 0.15) is 5.75 Å². The summed E-state index contributed by atoms with van der Waals surface area (Å²) in [7, 11) is 0. The summed E-state index contributed by atoms with van der Waals surface area (Å²) in [5, 5.41) is 6.99. The Bertz CT molecular complexity index is 915. The van der Waals surface area contributed by atoms with Crippen LogP contribution in [0.4, 0.5) is 5.95 Å². The van der Waals surface area contributed by atoms with Gasteiger partial charge >= 0.3 is 0 Å². The van der Waals surface area contributed by atoms with E-state index in [0.717, 1.165) is 86.7 Å². The topological polar surface area (TPSA) is 79.4 Å². The van der Waals surface area contributed by atoms with Crippen LogP contribution in [0.5, 0.6) is 5.75 Å². The van der Waals surface area contributed by atoms with Gasteiger partial charge in [0.2, 0.25) is 5.95 Å². The van der Waals surface area contributed by atoms with Crippen molar-refractivity contribution in [1.82, 2.24) is 20.6 Å². The summed E-state index contributed by atoms with van der Waals surface area (Å²) in [5.41, 5.74) is 2.70. The fourth-order valence-corrected chi connectivity index (χ4v) is 4.95. The Labute approximate surface area is 201 Å². The summed E-state index contributed by atoms with van der Waals surface area (Å²) in [6, 6.07) is 4.19. The SMILES string of the molecule is Cc1cc(OCCCC2CCN(c3ncc(Cl)cn3)CC2)cc(C)c1C(=O)N[C@H]1CCNC1. The van der Waals surface area contributed by atoms with Gasteiger partial charge in [-0.1, -0.05) is 11.6 Å². The van der Waals surface area contributed by atoms with Crippen LogP contribution in [0.15, 0.2) is 24.5 Å². The van der Waals surface area contributed by atoms with E-state index in [2.05, 4.69) is 25.5 Å². The van der Waals surface area contributed by atoms with Gasteiger partial charge in [0.05, 0.1) is 24.0 Å². The number of carbonyl (C=O) groups is 1. The molecule has 2 fully saturated rings. The molecule has 2 aromatic rings. The molecule has 4 rings (SSSR count). The molecule has 0 aliphatic carbocycles. The summed E-state index contributed by atoms with van der Waals surface area (Å²) in [6.45, 7) is 8.43. The zero-order valence-electron chi connectivity index (χ0n) is 19.6. The maximum Gasteiger partial charge on any atom is 0.252 e. The third-order valence-electron chi connectivity index (χ3n) is 6.66. The number of carbonyl (C=O) groups excluding carboxylic acids is 1. The average molecular weight is 472 g/mol. The van der Waals surface area contributed by atoms with Crippen LogP contribution < -0.4 is 20.3 Å². The van der Waals surface area contributed by atoms with Crippen LogP contribution >= 0.6 is 11.6 Å². The lowest BCUT2D eigenvalue weighted by molar-refractivity contribution is 0.0939. The van der Waals surface area contributed by atoms with E-state index in [0.29, 0.717) is 17.5 Å². The monoisotopic (exact) mass is 471 g/mol. The highest BCUT2D eigenvalue weighted by molar-refractivity contribution is 6.30. The molecule has 2 saturated heterocycles. The lowest BCUT2D eigenvalue weighted by atomic mass is 9.92. The molecule has 2 N–H and O–H groups in total. The number of hydrogen-bond donors (Lipinski definition) is 2. The summed E-state index contributed by atoms with van der Waals surface area (Å²) >= 11 is 5.88. The van der Waals surface area contributed by atoms with Crippen molar-refractivity contribution in [2.45, 2.75) is 52.0 Å². The molecule has 1 aromatic heterocycles. The summed E-state index contributed by atoms with van der Waals surface area (Å²) in [4.78, 5) is 23.6. The molecular formula is C25H34ClN5O2. The molecule has 33 heavy (non-hydrogen) atoms. The molecule has 1 aromatic carbocycles. The van der Waals surface area contributed by atoms with Gasteiger partial charge in [-0.2, -0.15) is 0 Å². The van der Waals surface area contributed by atoms with E-state index in [1.807, 2.05) is 26.0 Å². The number of amides is 1. The molecule has 2 aliphatic heterocycles. The Kier molecular flexibility index (Phi) is 8.04. The van der Waals surface area contributed by atoms with Gasteiger partial charge in [-0.15, -0.1) is 0 Å². The van der Waals surface area contributed by atoms with Crippen LogP contribution in [0, 0.1) is 19.8 Å². The largest absolute Gasteiger partial charge is 0.494 e. The fourth-order valence-electron chi connectivity index (χ4n) is 4.85. The van der Waals surface area contributed by atoms with Crippen molar-refractivity contribution in [3.05, 3.63) is 46.2 Å². The van der Waals surface area contributed by atoms with Gasteiger partial charge < -0.3 is 20.3 Å². The van der Waals surface area contributed by atoms with Crippen molar-refractivity contribution < 1.29 is 9.53 Å². The second-order valence-electron chi connectivity index (χ2n) is 9.22. The normalized spacial score (nSPS) is 19.0. The van der Waals surface area contributed by atoms with Gasteiger partial charge in [-0.05, 0) is 81.7 Å². The molecule has 178 valence electrons. The smallest absolute Gasteiger partial charge is 0.252 e. The number of rotatable bonds is 8. The quantitative estimate of drug-likeness (QED) is 0.568. The highest BCUT2D eigenvalue weighted by atomic mass is 35.5. The summed E-state index contributed by atoms with van der Waals surface area (Å²) < 4.78 is 6.04. The van der Waals surface area contributed by atoms with Crippen LogP contribution in [0.3, 0.4) is 0 Å². The highest BCUT2D eigenvalue weighted by Gasteiger charge is 2.22. The number of aryl methyl sites for hydroxylation is 2. The van der Waals surface area contributed by atoms with E-state index in [4.69, 9.17) is 16.3 Å². The first-order chi connectivity index (χ1) is 16.0. The molecule has 1 atom stereocenters. The first kappa shape index (κ1) is 23.8. The van der Waals surface area contributed by atoms with Crippen molar-refractivity contribution in [3.8, 4) is 5.75 Å². The van der Waals surface area contributed by atoms with Crippen molar-refractivity contribution >= 4 is 23.5 Å². The Morgan fingerprint density at radius 3 is 2.52 bits per heavy atom. The van der Waals surface area contributed by atoms with Crippen LogP contribution in [0.1, 0.15) is 53.6 Å². The predicted molar refractivity (Wildman–Crippen MR) is 131 cm³/mol. The zero-order chi connectivity index (χ0) is 23.2. The van der Waals surface area contributed by atoms with Crippen LogP contribution in [-0.2, 0) is 0 Å². The predicted octanol–water partition coefficient (Wildman–Crippen LogP) is 3.91. The second kappa shape index (κ2) is 11.2. The van der Waals surface area contributed by atoms with E-state index >= 15 is 0 Å². The van der Waals surface area contributed by atoms with Gasteiger partial charge in [0, 0.05) is 31.2 Å². The molecule has 1 amide bonds. The molecular weight excluding hydrogens is 438 g/mol. The number of anilines is 1. The minimum Gasteiger partial charge on any atom is -0.494 e. The van der Waals surface area contributed by atoms with Gasteiger partial charge in [0.25, 0.3) is 5.91 Å². The Hall–Kier alpha value is -2.38. The van der Waals surface area contributed by atoms with E-state index in [1.54, 1.807) is 12.4 Å². The van der Waals surface area contributed by atoms with Crippen LogP contribution in [0.2, 0.25) is 5.02 Å². The lowest BCUT2D eigenvalue weighted by Crippen LogP contribution is -2.36. The second-order valence-corrected chi connectivity index (χ2v) is 9.65. The van der Waals surface area contributed by atoms with Crippen molar-refractivity contribution in [2.24, 2.45) is 5.92 Å². The number of piperidine rings is 1. The lowest BCUT2D eigenvalue weighted by Gasteiger charge is -2.32. The highest BCUT2D eigenvalue weighted by Crippen LogP contribution is 2.26. The van der Waals surface area contributed by atoms with Crippen molar-refractivity contribution in [1.29, 1.82) is 0 Å². The number of aromatic nitrogens is 2. The van der Waals surface area contributed by atoms with E-state index in [-0.39, 0.29) is 11.9 Å². The number of nitrogens with zero attached hydrogens (tertiary/aromatic N) is 3. The maximum atomic E-state index is 12.7. The molecule has 0 saturated carbocycles. The maximum absolute atomic E-state index is 12.7. The Morgan fingerprint density at radius 2 is 1.88 bits per heavy atom. The Morgan fingerprint density at radius 1 is 1.18 bits per heavy atom. The average Bonchev–Trinajstić information content (AvgIpc) is 3.30. The molecule has 0 unspecified atom stereocenters. The third kappa shape index (κ3) is 6.36. The molecule has 0 radical (unpaired) electrons. The molecule has 3 heterocycles. The van der Waals surface area contributed by atoms with Crippen molar-refractivity contribution in [3.63, 3.8) is 0 Å². The molecule has 0 bridgehead atoms.